The van der Waals surface area contributed by atoms with Crippen molar-refractivity contribution in [3.63, 3.8) is 0 Å². The summed E-state index contributed by atoms with van der Waals surface area (Å²) in [4.78, 5) is 2.18. The molecule has 10 heavy (non-hydrogen) atoms. The van der Waals surface area contributed by atoms with Gasteiger partial charge < -0.3 is 15.7 Å². The molecule has 3 nitrogen and oxygen atoms in total. The average molecular weight is 146 g/mol. The first-order valence-electron chi connectivity index (χ1n) is 3.80. The summed E-state index contributed by atoms with van der Waals surface area (Å²) in [6.45, 7) is 3.01. The van der Waals surface area contributed by atoms with Crippen molar-refractivity contribution in [3.05, 3.63) is 0 Å². The van der Waals surface area contributed by atoms with Crippen molar-refractivity contribution in [1.29, 1.82) is 0 Å². The molecule has 0 radical (unpaired) electrons. The summed E-state index contributed by atoms with van der Waals surface area (Å²) in [7, 11) is 2.05. The van der Waals surface area contributed by atoms with Gasteiger partial charge in [0.1, 0.15) is 0 Å². The molecule has 0 unspecified atom stereocenters. The van der Waals surface area contributed by atoms with E-state index in [9.17, 15) is 0 Å². The third kappa shape index (κ3) is 6.01. The molecule has 0 aliphatic heterocycles. The van der Waals surface area contributed by atoms with Gasteiger partial charge in [-0.25, -0.2) is 0 Å². The molecule has 0 aromatic carbocycles. The van der Waals surface area contributed by atoms with Crippen LogP contribution in [0.5, 0.6) is 0 Å². The van der Waals surface area contributed by atoms with Gasteiger partial charge in [-0.3, -0.25) is 0 Å². The number of aliphatic hydroxyl groups excluding tert-OH is 1. The fourth-order valence-corrected chi connectivity index (χ4v) is 0.826. The molecule has 0 amide bonds. The van der Waals surface area contributed by atoms with Gasteiger partial charge in [0.05, 0.1) is 0 Å². The van der Waals surface area contributed by atoms with E-state index < -0.39 is 0 Å². The molecule has 0 aromatic rings. The number of nitrogens with zero attached hydrogens (tertiary/aromatic N) is 1. The lowest BCUT2D eigenvalue weighted by Crippen LogP contribution is -2.26. The summed E-state index contributed by atoms with van der Waals surface area (Å²) < 4.78 is 0. The standard InChI is InChI=1S/C7H18N2O/c1-9(6-4-8)5-2-3-7-10/h10H,2-8H2,1H3. The van der Waals surface area contributed by atoms with E-state index in [0.717, 1.165) is 32.5 Å². The van der Waals surface area contributed by atoms with Crippen LogP contribution in [-0.2, 0) is 0 Å². The lowest BCUT2D eigenvalue weighted by molar-refractivity contribution is 0.265. The Morgan fingerprint density at radius 1 is 1.30 bits per heavy atom. The highest BCUT2D eigenvalue weighted by molar-refractivity contribution is 4.51. The van der Waals surface area contributed by atoms with Gasteiger partial charge in [-0.05, 0) is 26.4 Å². The van der Waals surface area contributed by atoms with Crippen LogP contribution < -0.4 is 5.73 Å². The minimum atomic E-state index is 0.302. The Labute approximate surface area is 62.8 Å². The number of aliphatic hydroxyl groups is 1. The van der Waals surface area contributed by atoms with Crippen molar-refractivity contribution in [1.82, 2.24) is 4.90 Å². The molecule has 0 aliphatic carbocycles. The SMILES string of the molecule is CN(CCN)CCCCO. The topological polar surface area (TPSA) is 49.5 Å². The van der Waals surface area contributed by atoms with Crippen LogP contribution in [0.15, 0.2) is 0 Å². The molecule has 0 saturated carbocycles. The van der Waals surface area contributed by atoms with E-state index in [0.29, 0.717) is 6.61 Å². The van der Waals surface area contributed by atoms with E-state index in [2.05, 4.69) is 4.90 Å². The van der Waals surface area contributed by atoms with Crippen molar-refractivity contribution in [2.45, 2.75) is 12.8 Å². The number of nitrogens with two attached hydrogens (primary N) is 1. The van der Waals surface area contributed by atoms with Crippen LogP contribution in [0.2, 0.25) is 0 Å². The summed E-state index contributed by atoms with van der Waals surface area (Å²) >= 11 is 0. The third-order valence-corrected chi connectivity index (χ3v) is 1.46. The normalized spacial score (nSPS) is 10.8. The zero-order valence-corrected chi connectivity index (χ0v) is 6.71. The highest BCUT2D eigenvalue weighted by Gasteiger charge is 1.94. The fraction of sp³-hybridized carbons (Fsp3) is 1.00. The van der Waals surface area contributed by atoms with Crippen LogP contribution >= 0.6 is 0 Å². The highest BCUT2D eigenvalue weighted by Crippen LogP contribution is 1.89. The number of hydrogen-bond donors (Lipinski definition) is 2. The molecular formula is C7H18N2O. The second kappa shape index (κ2) is 6.99. The molecule has 3 N–H and O–H groups in total. The monoisotopic (exact) mass is 146 g/mol. The summed E-state index contributed by atoms with van der Waals surface area (Å²) in [5, 5.41) is 8.47. The lowest BCUT2D eigenvalue weighted by atomic mass is 10.3. The largest absolute Gasteiger partial charge is 0.396 e. The van der Waals surface area contributed by atoms with Crippen LogP contribution in [-0.4, -0.2) is 43.3 Å². The molecule has 3 heteroatoms. The van der Waals surface area contributed by atoms with Crippen LogP contribution in [0.4, 0.5) is 0 Å². The Bertz CT molecular complexity index is 68.6. The lowest BCUT2D eigenvalue weighted by Gasteiger charge is -2.13. The molecule has 62 valence electrons. The molecule has 0 heterocycles. The van der Waals surface area contributed by atoms with Crippen molar-refractivity contribution in [3.8, 4) is 0 Å². The maximum absolute atomic E-state index is 8.47. The Kier molecular flexibility index (Phi) is 6.91. The van der Waals surface area contributed by atoms with Gasteiger partial charge in [-0.15, -0.1) is 0 Å². The van der Waals surface area contributed by atoms with Gasteiger partial charge in [0.2, 0.25) is 0 Å². The smallest absolute Gasteiger partial charge is 0.0431 e. The molecule has 0 bridgehead atoms. The van der Waals surface area contributed by atoms with E-state index in [1.54, 1.807) is 0 Å². The molecule has 0 aliphatic rings. The second-order valence-electron chi connectivity index (χ2n) is 2.52. The summed E-state index contributed by atoms with van der Waals surface area (Å²) in [5.74, 6) is 0. The summed E-state index contributed by atoms with van der Waals surface area (Å²) in [6.07, 6.45) is 1.96. The van der Waals surface area contributed by atoms with Crippen LogP contribution in [0.1, 0.15) is 12.8 Å². The molecule has 0 fully saturated rings. The van der Waals surface area contributed by atoms with Crippen molar-refractivity contribution in [2.75, 3.05) is 33.3 Å². The van der Waals surface area contributed by atoms with E-state index in [4.69, 9.17) is 10.8 Å². The minimum Gasteiger partial charge on any atom is -0.396 e. The van der Waals surface area contributed by atoms with Gasteiger partial charge in [0.15, 0.2) is 0 Å². The Balaban J connectivity index is 2.97. The van der Waals surface area contributed by atoms with Crippen molar-refractivity contribution >= 4 is 0 Å². The first kappa shape index (κ1) is 9.88. The molecule has 0 saturated heterocycles. The van der Waals surface area contributed by atoms with Gasteiger partial charge in [-0.1, -0.05) is 0 Å². The van der Waals surface area contributed by atoms with Gasteiger partial charge in [0, 0.05) is 19.7 Å². The number of unbranched alkanes of at least 4 members (excludes halogenated alkanes) is 1. The maximum atomic E-state index is 8.47. The van der Waals surface area contributed by atoms with Crippen molar-refractivity contribution < 1.29 is 5.11 Å². The van der Waals surface area contributed by atoms with E-state index >= 15 is 0 Å². The van der Waals surface area contributed by atoms with E-state index in [1.165, 1.54) is 0 Å². The summed E-state index contributed by atoms with van der Waals surface area (Å²) in [6, 6.07) is 0. The predicted octanol–water partition coefficient (Wildman–Crippen LogP) is -0.351. The number of hydrogen-bond acceptors (Lipinski definition) is 3. The third-order valence-electron chi connectivity index (χ3n) is 1.46. The highest BCUT2D eigenvalue weighted by atomic mass is 16.2. The van der Waals surface area contributed by atoms with Gasteiger partial charge in [-0.2, -0.15) is 0 Å². The molecule has 0 aromatic heterocycles. The van der Waals surface area contributed by atoms with E-state index in [-0.39, 0.29) is 0 Å². The minimum absolute atomic E-state index is 0.302. The van der Waals surface area contributed by atoms with Crippen LogP contribution in [0.25, 0.3) is 0 Å². The second-order valence-corrected chi connectivity index (χ2v) is 2.52. The number of likely N-dealkylation sites (N-methyl/N-ethyl adjacent to an activating group) is 1. The Hall–Kier alpha value is -0.120. The zero-order valence-electron chi connectivity index (χ0n) is 6.71. The van der Waals surface area contributed by atoms with Gasteiger partial charge in [0.25, 0.3) is 0 Å². The predicted molar refractivity (Wildman–Crippen MR) is 42.9 cm³/mol. The zero-order chi connectivity index (χ0) is 7.82. The Morgan fingerprint density at radius 2 is 2.00 bits per heavy atom. The fourth-order valence-electron chi connectivity index (χ4n) is 0.826. The number of rotatable bonds is 6. The van der Waals surface area contributed by atoms with Gasteiger partial charge >= 0.3 is 0 Å². The Morgan fingerprint density at radius 3 is 2.50 bits per heavy atom. The molecule has 0 atom stereocenters. The average Bonchev–Trinajstić information content (AvgIpc) is 1.89. The van der Waals surface area contributed by atoms with Crippen LogP contribution in [0.3, 0.4) is 0 Å². The van der Waals surface area contributed by atoms with Crippen molar-refractivity contribution in [2.24, 2.45) is 5.73 Å². The summed E-state index contributed by atoms with van der Waals surface area (Å²) in [5.41, 5.74) is 5.34. The quantitative estimate of drug-likeness (QED) is 0.504. The molecule has 0 spiro atoms. The first-order valence-corrected chi connectivity index (χ1v) is 3.80. The van der Waals surface area contributed by atoms with Crippen LogP contribution in [0, 0.1) is 0 Å². The van der Waals surface area contributed by atoms with E-state index in [1.807, 2.05) is 7.05 Å². The molecule has 0 rings (SSSR count). The molecular weight excluding hydrogens is 128 g/mol. The maximum Gasteiger partial charge on any atom is 0.0431 e. The first-order chi connectivity index (χ1) is 4.81.